The smallest absolute Gasteiger partial charge is 0.121 e. The number of pyridine rings is 1. The summed E-state index contributed by atoms with van der Waals surface area (Å²) >= 11 is 0. The number of rotatable bonds is 3. The minimum Gasteiger partial charge on any atom is -0.399 e. The van der Waals surface area contributed by atoms with Gasteiger partial charge in [-0.2, -0.15) is 0 Å². The van der Waals surface area contributed by atoms with Crippen molar-refractivity contribution in [1.82, 2.24) is 4.98 Å². The van der Waals surface area contributed by atoms with Crippen LogP contribution in [0.3, 0.4) is 0 Å². The van der Waals surface area contributed by atoms with Gasteiger partial charge in [-0.15, -0.1) is 0 Å². The topological polar surface area (TPSA) is 71.2 Å². The number of hydrogen-bond acceptors (Lipinski definition) is 4. The number of nitrogens with zero attached hydrogens (tertiary/aromatic N) is 1. The molecule has 4 heteroatoms. The molecule has 0 aliphatic carbocycles. The molecule has 88 valence electrons. The lowest BCUT2D eigenvalue weighted by atomic mass is 10.1. The number of nitrogen functional groups attached to an aromatic ring is 1. The van der Waals surface area contributed by atoms with E-state index in [1.165, 1.54) is 0 Å². The third-order valence-corrected chi connectivity index (χ3v) is 2.35. The van der Waals surface area contributed by atoms with Gasteiger partial charge in [-0.3, -0.25) is 4.98 Å². The molecular formula is C13H15N3O. The van der Waals surface area contributed by atoms with Gasteiger partial charge in [0.25, 0.3) is 0 Å². The van der Waals surface area contributed by atoms with Gasteiger partial charge in [-0.05, 0) is 37.3 Å². The van der Waals surface area contributed by atoms with Gasteiger partial charge in [0.05, 0.1) is 5.69 Å². The summed E-state index contributed by atoms with van der Waals surface area (Å²) in [6.45, 7) is 1.67. The molecule has 2 aromatic rings. The average molecular weight is 229 g/mol. The molecule has 1 unspecified atom stereocenters. The zero-order valence-electron chi connectivity index (χ0n) is 9.59. The molecule has 0 amide bonds. The first-order chi connectivity index (χ1) is 8.16. The van der Waals surface area contributed by atoms with E-state index in [0.717, 1.165) is 16.9 Å². The molecule has 4 N–H and O–H groups in total. The van der Waals surface area contributed by atoms with Crippen LogP contribution in [0.4, 0.5) is 11.4 Å². The fourth-order valence-corrected chi connectivity index (χ4v) is 1.65. The van der Waals surface area contributed by atoms with Crippen LogP contribution in [0.25, 0.3) is 11.3 Å². The summed E-state index contributed by atoms with van der Waals surface area (Å²) in [7, 11) is 0. The predicted molar refractivity (Wildman–Crippen MR) is 69.4 cm³/mol. The van der Waals surface area contributed by atoms with Gasteiger partial charge < -0.3 is 16.2 Å². The lowest BCUT2D eigenvalue weighted by Crippen LogP contribution is -2.14. The first kappa shape index (κ1) is 11.4. The second-order valence-electron chi connectivity index (χ2n) is 3.84. The van der Waals surface area contributed by atoms with Crippen molar-refractivity contribution in [2.24, 2.45) is 0 Å². The normalized spacial score (nSPS) is 12.1. The lowest BCUT2D eigenvalue weighted by Gasteiger charge is -2.14. The molecule has 0 radical (unpaired) electrons. The Bertz CT molecular complexity index is 497. The number of hydrogen-bond donors (Lipinski definition) is 3. The number of nitrogens with one attached hydrogen (secondary N) is 1. The number of benzene rings is 1. The third-order valence-electron chi connectivity index (χ3n) is 2.35. The zero-order chi connectivity index (χ0) is 12.3. The van der Waals surface area contributed by atoms with Gasteiger partial charge in [-0.25, -0.2) is 0 Å². The van der Waals surface area contributed by atoms with Crippen LogP contribution in [-0.2, 0) is 0 Å². The van der Waals surface area contributed by atoms with E-state index >= 15 is 0 Å². The Labute approximate surface area is 100 Å². The van der Waals surface area contributed by atoms with Gasteiger partial charge in [0.15, 0.2) is 0 Å². The highest BCUT2D eigenvalue weighted by Gasteiger charge is 2.07. The van der Waals surface area contributed by atoms with E-state index in [1.54, 1.807) is 19.2 Å². The number of aliphatic hydroxyl groups is 1. The van der Waals surface area contributed by atoms with Crippen molar-refractivity contribution in [3.63, 3.8) is 0 Å². The third kappa shape index (κ3) is 2.73. The van der Waals surface area contributed by atoms with Crippen LogP contribution in [0.1, 0.15) is 6.92 Å². The molecule has 0 spiro atoms. The highest BCUT2D eigenvalue weighted by Crippen LogP contribution is 2.28. The Balaban J connectivity index is 2.47. The van der Waals surface area contributed by atoms with E-state index in [4.69, 9.17) is 5.73 Å². The first-order valence-electron chi connectivity index (χ1n) is 5.42. The molecule has 1 aromatic carbocycles. The minimum atomic E-state index is -0.624. The standard InChI is InChI=1S/C13H15N3O/c1-9(17)16-13-6-5-10(14)8-11(13)12-4-2-3-7-15-12/h2-9,16-17H,14H2,1H3. The molecule has 2 rings (SSSR count). The van der Waals surface area contributed by atoms with Gasteiger partial charge >= 0.3 is 0 Å². The molecule has 0 bridgehead atoms. The van der Waals surface area contributed by atoms with Gasteiger partial charge in [0.1, 0.15) is 6.23 Å². The Hall–Kier alpha value is -2.07. The van der Waals surface area contributed by atoms with E-state index in [2.05, 4.69) is 10.3 Å². The second kappa shape index (κ2) is 4.84. The van der Waals surface area contributed by atoms with Crippen LogP contribution in [0.15, 0.2) is 42.6 Å². The summed E-state index contributed by atoms with van der Waals surface area (Å²) in [4.78, 5) is 4.28. The summed E-state index contributed by atoms with van der Waals surface area (Å²) in [5.74, 6) is 0. The van der Waals surface area contributed by atoms with E-state index in [0.29, 0.717) is 5.69 Å². The number of anilines is 2. The molecule has 1 aromatic heterocycles. The maximum Gasteiger partial charge on any atom is 0.121 e. The summed E-state index contributed by atoms with van der Waals surface area (Å²) in [6, 6.07) is 11.1. The predicted octanol–water partition coefficient (Wildman–Crippen LogP) is 2.08. The lowest BCUT2D eigenvalue weighted by molar-refractivity contribution is 0.224. The molecule has 1 heterocycles. The van der Waals surface area contributed by atoms with Crippen molar-refractivity contribution < 1.29 is 5.11 Å². The first-order valence-corrected chi connectivity index (χ1v) is 5.42. The monoisotopic (exact) mass is 229 g/mol. The number of aliphatic hydroxyl groups excluding tert-OH is 1. The van der Waals surface area contributed by atoms with Crippen molar-refractivity contribution >= 4 is 11.4 Å². The van der Waals surface area contributed by atoms with Crippen LogP contribution in [0, 0.1) is 0 Å². The Morgan fingerprint density at radius 3 is 2.76 bits per heavy atom. The van der Waals surface area contributed by atoms with E-state index in [9.17, 15) is 5.11 Å². The van der Waals surface area contributed by atoms with E-state index in [-0.39, 0.29) is 0 Å². The maximum absolute atomic E-state index is 9.38. The van der Waals surface area contributed by atoms with Crippen molar-refractivity contribution in [3.8, 4) is 11.3 Å². The molecule has 4 nitrogen and oxygen atoms in total. The van der Waals surface area contributed by atoms with Gasteiger partial charge in [-0.1, -0.05) is 6.07 Å². The van der Waals surface area contributed by atoms with Crippen LogP contribution >= 0.6 is 0 Å². The Kier molecular flexibility index (Phi) is 3.25. The molecular weight excluding hydrogens is 214 g/mol. The molecule has 1 atom stereocenters. The maximum atomic E-state index is 9.38. The van der Waals surface area contributed by atoms with Crippen molar-refractivity contribution in [2.45, 2.75) is 13.2 Å². The molecule has 0 aliphatic rings. The average Bonchev–Trinajstić information content (AvgIpc) is 2.32. The molecule has 0 saturated carbocycles. The fourth-order valence-electron chi connectivity index (χ4n) is 1.65. The largest absolute Gasteiger partial charge is 0.399 e. The van der Waals surface area contributed by atoms with Crippen LogP contribution in [-0.4, -0.2) is 16.3 Å². The van der Waals surface area contributed by atoms with Crippen molar-refractivity contribution in [1.29, 1.82) is 0 Å². The van der Waals surface area contributed by atoms with Gasteiger partial charge in [0.2, 0.25) is 0 Å². The zero-order valence-corrected chi connectivity index (χ0v) is 9.59. The highest BCUT2D eigenvalue weighted by atomic mass is 16.3. The van der Waals surface area contributed by atoms with Crippen molar-refractivity contribution in [3.05, 3.63) is 42.6 Å². The molecule has 17 heavy (non-hydrogen) atoms. The minimum absolute atomic E-state index is 0.624. The summed E-state index contributed by atoms with van der Waals surface area (Å²) in [6.07, 6.45) is 1.10. The Morgan fingerprint density at radius 1 is 1.29 bits per heavy atom. The van der Waals surface area contributed by atoms with Crippen molar-refractivity contribution in [2.75, 3.05) is 11.1 Å². The van der Waals surface area contributed by atoms with Crippen LogP contribution in [0.2, 0.25) is 0 Å². The molecule has 0 saturated heterocycles. The number of aromatic nitrogens is 1. The van der Waals surface area contributed by atoms with Crippen LogP contribution in [0.5, 0.6) is 0 Å². The highest BCUT2D eigenvalue weighted by molar-refractivity contribution is 5.78. The summed E-state index contributed by atoms with van der Waals surface area (Å²) in [5.41, 5.74) is 8.96. The van der Waals surface area contributed by atoms with Gasteiger partial charge in [0, 0.05) is 23.1 Å². The molecule has 0 fully saturated rings. The van der Waals surface area contributed by atoms with E-state index in [1.807, 2.05) is 30.3 Å². The Morgan fingerprint density at radius 2 is 2.12 bits per heavy atom. The van der Waals surface area contributed by atoms with E-state index < -0.39 is 6.23 Å². The quantitative estimate of drug-likeness (QED) is 0.556. The summed E-state index contributed by atoms with van der Waals surface area (Å²) < 4.78 is 0. The second-order valence-corrected chi connectivity index (χ2v) is 3.84. The fraction of sp³-hybridized carbons (Fsp3) is 0.154. The summed E-state index contributed by atoms with van der Waals surface area (Å²) in [5, 5.41) is 12.3. The molecule has 0 aliphatic heterocycles. The number of nitrogens with two attached hydrogens (primary N) is 1. The SMILES string of the molecule is CC(O)Nc1ccc(N)cc1-c1ccccn1. The van der Waals surface area contributed by atoms with Crippen LogP contribution < -0.4 is 11.1 Å².